The Morgan fingerprint density at radius 2 is 2.22 bits per heavy atom. The van der Waals surface area contributed by atoms with Crippen LogP contribution >= 0.6 is 0 Å². The van der Waals surface area contributed by atoms with Gasteiger partial charge in [-0.1, -0.05) is 6.07 Å². The summed E-state index contributed by atoms with van der Waals surface area (Å²) in [6.07, 6.45) is 3.58. The van der Waals surface area contributed by atoms with E-state index < -0.39 is 0 Å². The minimum atomic E-state index is -0.319. The number of ether oxygens (including phenoxy) is 2. The smallest absolute Gasteiger partial charge is 0.119 e. The van der Waals surface area contributed by atoms with Gasteiger partial charge in [-0.2, -0.15) is 0 Å². The fourth-order valence-corrected chi connectivity index (χ4v) is 2.34. The molecule has 0 amide bonds. The van der Waals surface area contributed by atoms with Crippen LogP contribution in [0.1, 0.15) is 43.4 Å². The minimum Gasteiger partial charge on any atom is -0.493 e. The number of hydrogen-bond acceptors (Lipinski definition) is 3. The highest BCUT2D eigenvalue weighted by Gasteiger charge is 2.18. The van der Waals surface area contributed by atoms with Gasteiger partial charge in [-0.25, -0.2) is 0 Å². The van der Waals surface area contributed by atoms with Crippen LogP contribution in [0.2, 0.25) is 0 Å². The Bertz CT molecular complexity index is 376. The lowest BCUT2D eigenvalue weighted by Crippen LogP contribution is -2.10. The van der Waals surface area contributed by atoms with Crippen LogP contribution in [0.3, 0.4) is 0 Å². The van der Waals surface area contributed by atoms with Gasteiger partial charge in [-0.3, -0.25) is 0 Å². The van der Waals surface area contributed by atoms with E-state index in [-0.39, 0.29) is 6.10 Å². The lowest BCUT2D eigenvalue weighted by molar-refractivity contribution is 0.130. The van der Waals surface area contributed by atoms with Crippen LogP contribution in [0.4, 0.5) is 0 Å². The monoisotopic (exact) mass is 250 g/mol. The van der Waals surface area contributed by atoms with Gasteiger partial charge in [0.2, 0.25) is 0 Å². The Balaban J connectivity index is 1.88. The molecule has 18 heavy (non-hydrogen) atoms. The molecule has 0 bridgehead atoms. The number of aliphatic hydroxyl groups is 1. The summed E-state index contributed by atoms with van der Waals surface area (Å²) in [7, 11) is 0. The van der Waals surface area contributed by atoms with Crippen LogP contribution in [0, 0.1) is 0 Å². The summed E-state index contributed by atoms with van der Waals surface area (Å²) in [4.78, 5) is 0. The van der Waals surface area contributed by atoms with Crippen molar-refractivity contribution in [3.8, 4) is 5.75 Å². The molecule has 1 atom stereocenters. The summed E-state index contributed by atoms with van der Waals surface area (Å²) >= 11 is 0. The number of aliphatic hydroxyl groups excluding tert-OH is 1. The van der Waals surface area contributed by atoms with Gasteiger partial charge in [0, 0.05) is 19.6 Å². The van der Waals surface area contributed by atoms with Crippen molar-refractivity contribution in [1.29, 1.82) is 0 Å². The van der Waals surface area contributed by atoms with Gasteiger partial charge in [-0.05, 0) is 49.4 Å². The first kappa shape index (κ1) is 13.4. The molecular weight excluding hydrogens is 228 g/mol. The zero-order chi connectivity index (χ0) is 12.8. The summed E-state index contributed by atoms with van der Waals surface area (Å²) in [5, 5.41) is 9.95. The molecule has 100 valence electrons. The molecule has 1 aliphatic carbocycles. The molecule has 0 heterocycles. The summed E-state index contributed by atoms with van der Waals surface area (Å²) in [6, 6.07) is 6.06. The van der Waals surface area contributed by atoms with Crippen LogP contribution in [0.5, 0.6) is 5.75 Å². The summed E-state index contributed by atoms with van der Waals surface area (Å²) in [5.74, 6) is 0.853. The molecule has 0 aromatic heterocycles. The average molecular weight is 250 g/mol. The molecule has 1 N–H and O–H groups in total. The number of fused-ring (bicyclic) bond motifs is 1. The molecule has 3 nitrogen and oxygen atoms in total. The van der Waals surface area contributed by atoms with Gasteiger partial charge in [-0.15, -0.1) is 0 Å². The second kappa shape index (κ2) is 6.76. The number of benzene rings is 1. The third-order valence-electron chi connectivity index (χ3n) is 3.31. The highest BCUT2D eigenvalue weighted by Crippen LogP contribution is 2.32. The molecule has 1 aromatic rings. The van der Waals surface area contributed by atoms with Crippen LogP contribution in [0.15, 0.2) is 18.2 Å². The second-order valence-electron chi connectivity index (χ2n) is 4.67. The molecule has 1 unspecified atom stereocenters. The van der Waals surface area contributed by atoms with E-state index in [9.17, 15) is 5.11 Å². The molecular formula is C15H22O3. The maximum Gasteiger partial charge on any atom is 0.119 e. The SMILES string of the molecule is CCOCCCOc1ccc2c(c1)C(O)CCC2. The van der Waals surface area contributed by atoms with E-state index in [1.165, 1.54) is 5.56 Å². The summed E-state index contributed by atoms with van der Waals surface area (Å²) in [6.45, 7) is 4.15. The highest BCUT2D eigenvalue weighted by molar-refractivity contribution is 5.38. The number of rotatable bonds is 6. The van der Waals surface area contributed by atoms with E-state index in [4.69, 9.17) is 9.47 Å². The van der Waals surface area contributed by atoms with Gasteiger partial charge in [0.15, 0.2) is 0 Å². The number of aryl methyl sites for hydroxylation is 1. The Labute approximate surface area is 109 Å². The highest BCUT2D eigenvalue weighted by atomic mass is 16.5. The molecule has 0 aliphatic heterocycles. The van der Waals surface area contributed by atoms with Crippen LogP contribution in [0.25, 0.3) is 0 Å². The molecule has 2 rings (SSSR count). The van der Waals surface area contributed by atoms with Crippen LogP contribution in [-0.4, -0.2) is 24.9 Å². The van der Waals surface area contributed by atoms with Crippen molar-refractivity contribution in [2.45, 2.75) is 38.7 Å². The quantitative estimate of drug-likeness (QED) is 0.789. The zero-order valence-electron chi connectivity index (χ0n) is 11.0. The molecule has 1 aliphatic rings. The molecule has 0 saturated carbocycles. The lowest BCUT2D eigenvalue weighted by atomic mass is 9.89. The molecule has 3 heteroatoms. The van der Waals surface area contributed by atoms with Crippen molar-refractivity contribution in [3.05, 3.63) is 29.3 Å². The lowest BCUT2D eigenvalue weighted by Gasteiger charge is -2.22. The first-order valence-electron chi connectivity index (χ1n) is 6.82. The van der Waals surface area contributed by atoms with Crippen molar-refractivity contribution in [3.63, 3.8) is 0 Å². The van der Waals surface area contributed by atoms with E-state index >= 15 is 0 Å². The Kier molecular flexibility index (Phi) is 5.02. The topological polar surface area (TPSA) is 38.7 Å². The largest absolute Gasteiger partial charge is 0.493 e. The van der Waals surface area contributed by atoms with Crippen LogP contribution in [-0.2, 0) is 11.2 Å². The van der Waals surface area contributed by atoms with E-state index in [1.807, 2.05) is 19.1 Å². The van der Waals surface area contributed by atoms with Gasteiger partial charge < -0.3 is 14.6 Å². The fourth-order valence-electron chi connectivity index (χ4n) is 2.34. The van der Waals surface area contributed by atoms with E-state index in [2.05, 4.69) is 6.07 Å². The van der Waals surface area contributed by atoms with Crippen molar-refractivity contribution in [2.24, 2.45) is 0 Å². The van der Waals surface area contributed by atoms with E-state index in [0.717, 1.165) is 50.2 Å². The van der Waals surface area contributed by atoms with Gasteiger partial charge in [0.25, 0.3) is 0 Å². The Hall–Kier alpha value is -1.06. The van der Waals surface area contributed by atoms with Crippen LogP contribution < -0.4 is 4.74 Å². The fraction of sp³-hybridized carbons (Fsp3) is 0.600. The minimum absolute atomic E-state index is 0.319. The molecule has 0 saturated heterocycles. The van der Waals surface area contributed by atoms with Crippen molar-refractivity contribution in [2.75, 3.05) is 19.8 Å². The third-order valence-corrected chi connectivity index (χ3v) is 3.31. The van der Waals surface area contributed by atoms with E-state index in [0.29, 0.717) is 6.61 Å². The zero-order valence-corrected chi connectivity index (χ0v) is 11.0. The maximum absolute atomic E-state index is 9.95. The second-order valence-corrected chi connectivity index (χ2v) is 4.67. The normalized spacial score (nSPS) is 18.4. The van der Waals surface area contributed by atoms with Crippen molar-refractivity contribution >= 4 is 0 Å². The van der Waals surface area contributed by atoms with Gasteiger partial charge in [0.05, 0.1) is 12.7 Å². The van der Waals surface area contributed by atoms with E-state index in [1.54, 1.807) is 0 Å². The third kappa shape index (κ3) is 3.47. The number of hydrogen-bond donors (Lipinski definition) is 1. The van der Waals surface area contributed by atoms with Gasteiger partial charge >= 0.3 is 0 Å². The van der Waals surface area contributed by atoms with Crippen molar-refractivity contribution in [1.82, 2.24) is 0 Å². The summed E-state index contributed by atoms with van der Waals surface area (Å²) < 4.78 is 10.9. The first-order valence-corrected chi connectivity index (χ1v) is 6.82. The van der Waals surface area contributed by atoms with Gasteiger partial charge in [0.1, 0.15) is 5.75 Å². The standard InChI is InChI=1S/C15H22O3/c1-2-17-9-4-10-18-13-8-7-12-5-3-6-15(16)14(12)11-13/h7-8,11,15-16H,2-6,9-10H2,1H3. The predicted molar refractivity (Wildman–Crippen MR) is 70.9 cm³/mol. The molecule has 0 radical (unpaired) electrons. The first-order chi connectivity index (χ1) is 8.81. The Morgan fingerprint density at radius 1 is 1.33 bits per heavy atom. The Morgan fingerprint density at radius 3 is 3.06 bits per heavy atom. The van der Waals surface area contributed by atoms with Crippen molar-refractivity contribution < 1.29 is 14.6 Å². The molecule has 0 spiro atoms. The predicted octanol–water partition coefficient (Wildman–Crippen LogP) is 2.86. The maximum atomic E-state index is 9.95. The molecule has 1 aromatic carbocycles. The summed E-state index contributed by atoms with van der Waals surface area (Å²) in [5.41, 5.74) is 2.30. The average Bonchev–Trinajstić information content (AvgIpc) is 2.39. The molecule has 0 fully saturated rings.